The molecule has 1 spiro atoms. The van der Waals surface area contributed by atoms with Crippen LogP contribution in [0.5, 0.6) is 0 Å². The first kappa shape index (κ1) is 20.0. The molecule has 2 amide bonds. The number of nitrogens with zero attached hydrogens (tertiary/aromatic N) is 4. The summed E-state index contributed by atoms with van der Waals surface area (Å²) >= 11 is 0. The fourth-order valence-electron chi connectivity index (χ4n) is 5.13. The molecule has 31 heavy (non-hydrogen) atoms. The van der Waals surface area contributed by atoms with Gasteiger partial charge in [0.2, 0.25) is 11.8 Å². The van der Waals surface area contributed by atoms with Crippen molar-refractivity contribution in [3.05, 3.63) is 59.9 Å². The number of rotatable bonds is 6. The molecule has 3 aliphatic rings. The van der Waals surface area contributed by atoms with E-state index in [4.69, 9.17) is 9.84 Å². The topological polar surface area (TPSA) is 87.9 Å². The number of aliphatic hydroxyl groups is 1. The minimum atomic E-state index is -0.749. The molecular formula is C23H26N4O4. The Morgan fingerprint density at radius 3 is 2.77 bits per heavy atom. The Morgan fingerprint density at radius 2 is 2.10 bits per heavy atom. The smallest absolute Gasteiger partial charge is 0.234 e. The van der Waals surface area contributed by atoms with Crippen LogP contribution in [0, 0.1) is 11.8 Å². The Morgan fingerprint density at radius 1 is 1.32 bits per heavy atom. The highest BCUT2D eigenvalue weighted by atomic mass is 16.5. The van der Waals surface area contributed by atoms with Crippen LogP contribution >= 0.6 is 0 Å². The molecule has 5 rings (SSSR count). The number of fused-ring (bicyclic) bond motifs is 1. The third-order valence-corrected chi connectivity index (χ3v) is 6.59. The molecule has 2 fully saturated rings. The standard InChI is InChI=1S/C23H26N4O4/c1-25(12-16-11-24-26(2)13-16)21(29)19-18-7-9-23(31-18)14-27(22(30)20(19)23)17-5-3-15(4-6-17)8-10-28/h3-7,9,11,13,18-20,28H,8,10,12,14H2,1-2H3/t18-,19-,20+,23-/m0/s1. The van der Waals surface area contributed by atoms with Crippen LogP contribution in [-0.4, -0.2) is 63.5 Å². The van der Waals surface area contributed by atoms with Crippen molar-refractivity contribution in [3.63, 3.8) is 0 Å². The third-order valence-electron chi connectivity index (χ3n) is 6.59. The molecule has 3 aliphatic heterocycles. The Labute approximate surface area is 180 Å². The quantitative estimate of drug-likeness (QED) is 0.699. The van der Waals surface area contributed by atoms with E-state index in [1.807, 2.05) is 49.7 Å². The van der Waals surface area contributed by atoms with E-state index in [2.05, 4.69) is 5.10 Å². The zero-order chi connectivity index (χ0) is 21.8. The van der Waals surface area contributed by atoms with Crippen LogP contribution in [0.4, 0.5) is 5.69 Å². The number of benzene rings is 1. The van der Waals surface area contributed by atoms with E-state index in [-0.39, 0.29) is 24.5 Å². The summed E-state index contributed by atoms with van der Waals surface area (Å²) < 4.78 is 7.94. The lowest BCUT2D eigenvalue weighted by atomic mass is 9.76. The first-order valence-corrected chi connectivity index (χ1v) is 10.5. The van der Waals surface area contributed by atoms with Crippen LogP contribution in [0.3, 0.4) is 0 Å². The number of carbonyl (C=O) groups excluding carboxylic acids is 2. The highest BCUT2D eigenvalue weighted by Gasteiger charge is 2.67. The second-order valence-electron chi connectivity index (χ2n) is 8.68. The molecule has 2 saturated heterocycles. The van der Waals surface area contributed by atoms with Gasteiger partial charge in [-0.3, -0.25) is 14.3 Å². The van der Waals surface area contributed by atoms with Gasteiger partial charge in [-0.25, -0.2) is 0 Å². The van der Waals surface area contributed by atoms with Crippen LogP contribution in [0.1, 0.15) is 11.1 Å². The molecule has 8 heteroatoms. The molecule has 8 nitrogen and oxygen atoms in total. The van der Waals surface area contributed by atoms with Crippen molar-refractivity contribution >= 4 is 17.5 Å². The monoisotopic (exact) mass is 422 g/mol. The number of aromatic nitrogens is 2. The second-order valence-corrected chi connectivity index (χ2v) is 8.68. The summed E-state index contributed by atoms with van der Waals surface area (Å²) in [5, 5.41) is 13.3. The Bertz CT molecular complexity index is 1050. The lowest BCUT2D eigenvalue weighted by Crippen LogP contribution is -2.44. The second kappa shape index (κ2) is 7.32. The molecular weight excluding hydrogens is 396 g/mol. The van der Waals surface area contributed by atoms with E-state index in [1.165, 1.54) is 0 Å². The minimum Gasteiger partial charge on any atom is -0.396 e. The lowest BCUT2D eigenvalue weighted by molar-refractivity contribution is -0.139. The number of amides is 2. The van der Waals surface area contributed by atoms with E-state index in [0.717, 1.165) is 16.8 Å². The highest BCUT2D eigenvalue weighted by Crippen LogP contribution is 2.53. The van der Waals surface area contributed by atoms with Gasteiger partial charge in [0, 0.05) is 44.7 Å². The van der Waals surface area contributed by atoms with E-state index in [1.54, 1.807) is 27.7 Å². The summed E-state index contributed by atoms with van der Waals surface area (Å²) in [6, 6.07) is 7.62. The Hall–Kier alpha value is -2.97. The maximum absolute atomic E-state index is 13.5. The molecule has 2 bridgehead atoms. The summed E-state index contributed by atoms with van der Waals surface area (Å²) in [7, 11) is 3.60. The summed E-state index contributed by atoms with van der Waals surface area (Å²) in [6.45, 7) is 0.923. The van der Waals surface area contributed by atoms with Crippen molar-refractivity contribution in [2.45, 2.75) is 24.7 Å². The van der Waals surface area contributed by atoms with E-state index < -0.39 is 17.4 Å². The predicted molar refractivity (Wildman–Crippen MR) is 113 cm³/mol. The van der Waals surface area contributed by atoms with Gasteiger partial charge in [0.25, 0.3) is 0 Å². The SMILES string of the molecule is CN(Cc1cnn(C)c1)C(=O)[C@H]1[C@@H]2C=C[C@@]3(CN(c4ccc(CCO)cc4)C(=O)[C@@H]13)O2. The summed E-state index contributed by atoms with van der Waals surface area (Å²) in [6.07, 6.45) is 7.72. The third kappa shape index (κ3) is 3.18. The van der Waals surface area contributed by atoms with Crippen LogP contribution in [0.15, 0.2) is 48.8 Å². The maximum atomic E-state index is 13.5. The average Bonchev–Trinajstić information content (AvgIpc) is 3.50. The summed E-state index contributed by atoms with van der Waals surface area (Å²) in [4.78, 5) is 30.2. The van der Waals surface area contributed by atoms with Crippen LogP contribution in [0.2, 0.25) is 0 Å². The zero-order valence-corrected chi connectivity index (χ0v) is 17.6. The van der Waals surface area contributed by atoms with Crippen LogP contribution in [0.25, 0.3) is 0 Å². The van der Waals surface area contributed by atoms with Crippen LogP contribution in [-0.2, 0) is 34.3 Å². The molecule has 0 aliphatic carbocycles. The Kier molecular flexibility index (Phi) is 4.71. The number of hydrogen-bond acceptors (Lipinski definition) is 5. The van der Waals surface area contributed by atoms with Gasteiger partial charge in [-0.1, -0.05) is 24.3 Å². The molecule has 4 atom stereocenters. The first-order chi connectivity index (χ1) is 14.9. The van der Waals surface area contributed by atoms with Gasteiger partial charge in [0.05, 0.1) is 30.7 Å². The normalized spacial score (nSPS) is 28.4. The molecule has 2 aromatic rings. The van der Waals surface area contributed by atoms with E-state index in [0.29, 0.717) is 19.5 Å². The minimum absolute atomic E-state index is 0.0742. The number of ether oxygens (including phenoxy) is 1. The van der Waals surface area contributed by atoms with Crippen molar-refractivity contribution in [3.8, 4) is 0 Å². The van der Waals surface area contributed by atoms with Gasteiger partial charge in [0.15, 0.2) is 0 Å². The molecule has 1 aromatic heterocycles. The van der Waals surface area contributed by atoms with Gasteiger partial charge in [-0.2, -0.15) is 5.10 Å². The summed E-state index contributed by atoms with van der Waals surface area (Å²) in [5.41, 5.74) is 1.99. The molecule has 162 valence electrons. The largest absolute Gasteiger partial charge is 0.396 e. The number of hydrogen-bond donors (Lipinski definition) is 1. The van der Waals surface area contributed by atoms with Crippen molar-refractivity contribution in [2.24, 2.45) is 18.9 Å². The van der Waals surface area contributed by atoms with Gasteiger partial charge in [-0.15, -0.1) is 0 Å². The number of aryl methyl sites for hydroxylation is 1. The Balaban J connectivity index is 1.37. The van der Waals surface area contributed by atoms with Crippen molar-refractivity contribution in [2.75, 3.05) is 25.1 Å². The van der Waals surface area contributed by atoms with Crippen LogP contribution < -0.4 is 4.90 Å². The molecule has 0 saturated carbocycles. The van der Waals surface area contributed by atoms with Gasteiger partial charge in [-0.05, 0) is 24.1 Å². The van der Waals surface area contributed by atoms with Gasteiger partial charge >= 0.3 is 0 Å². The molecule has 0 unspecified atom stereocenters. The van der Waals surface area contributed by atoms with Crippen molar-refractivity contribution in [1.82, 2.24) is 14.7 Å². The number of anilines is 1. The van der Waals surface area contributed by atoms with E-state index in [9.17, 15) is 9.59 Å². The fourth-order valence-corrected chi connectivity index (χ4v) is 5.13. The van der Waals surface area contributed by atoms with Gasteiger partial charge < -0.3 is 19.6 Å². The molecule has 4 heterocycles. The predicted octanol–water partition coefficient (Wildman–Crippen LogP) is 0.900. The maximum Gasteiger partial charge on any atom is 0.234 e. The molecule has 1 N–H and O–H groups in total. The van der Waals surface area contributed by atoms with E-state index >= 15 is 0 Å². The first-order valence-electron chi connectivity index (χ1n) is 10.5. The molecule has 1 aromatic carbocycles. The van der Waals surface area contributed by atoms with Gasteiger partial charge in [0.1, 0.15) is 5.60 Å². The zero-order valence-electron chi connectivity index (χ0n) is 17.6. The molecule has 0 radical (unpaired) electrons. The number of carbonyl (C=O) groups is 2. The highest BCUT2D eigenvalue weighted by molar-refractivity contribution is 6.03. The van der Waals surface area contributed by atoms with Crippen molar-refractivity contribution < 1.29 is 19.4 Å². The average molecular weight is 422 g/mol. The van der Waals surface area contributed by atoms with Crippen molar-refractivity contribution in [1.29, 1.82) is 0 Å². The fraction of sp³-hybridized carbons (Fsp3) is 0.435. The summed E-state index contributed by atoms with van der Waals surface area (Å²) in [5.74, 6) is -1.21. The lowest BCUT2D eigenvalue weighted by Gasteiger charge is -2.27. The number of aliphatic hydroxyl groups excluding tert-OH is 1.